The number of imidazole rings is 1. The Morgan fingerprint density at radius 2 is 1.25 bits per heavy atom. The minimum Gasteiger partial charge on any atom is -0.391 e. The summed E-state index contributed by atoms with van der Waals surface area (Å²) in [5, 5.41) is 27.2. The number of nitrogens with two attached hydrogens (primary N) is 4. The Balaban J connectivity index is 2.15. The molecule has 0 aliphatic carbocycles. The summed E-state index contributed by atoms with van der Waals surface area (Å²) in [5.74, 6) is -5.51. The van der Waals surface area contributed by atoms with Gasteiger partial charge in [-0.1, -0.05) is 111 Å². The van der Waals surface area contributed by atoms with E-state index in [-0.39, 0.29) is 57.1 Å². The van der Waals surface area contributed by atoms with Gasteiger partial charge in [0.05, 0.1) is 12.4 Å². The largest absolute Gasteiger partial charge is 0.391 e. The van der Waals surface area contributed by atoms with E-state index in [4.69, 9.17) is 22.9 Å². The molecule has 1 aromatic heterocycles. The second-order valence-electron chi connectivity index (χ2n) is 21.3. The van der Waals surface area contributed by atoms with E-state index in [1.807, 2.05) is 6.26 Å². The van der Waals surface area contributed by atoms with Crippen LogP contribution in [-0.4, -0.2) is 153 Å². The predicted molar refractivity (Wildman–Crippen MR) is 310 cm³/mol. The number of hydrogen-bond acceptors (Lipinski definition) is 13. The van der Waals surface area contributed by atoms with Crippen molar-refractivity contribution < 1.29 is 43.5 Å². The van der Waals surface area contributed by atoms with Crippen LogP contribution in [0, 0.1) is 5.92 Å². The van der Waals surface area contributed by atoms with Crippen LogP contribution in [0.15, 0.2) is 17.5 Å². The van der Waals surface area contributed by atoms with Crippen molar-refractivity contribution in [3.8, 4) is 0 Å². The third kappa shape index (κ3) is 28.5. The van der Waals surface area contributed by atoms with E-state index in [0.717, 1.165) is 19.3 Å². The Labute approximate surface area is 473 Å². The van der Waals surface area contributed by atoms with Gasteiger partial charge in [0.2, 0.25) is 47.3 Å². The lowest BCUT2D eigenvalue weighted by Crippen LogP contribution is -2.62. The molecule has 1 aliphatic rings. The number of thioether (sulfide) groups is 1. The number of aliphatic imine (C=N–C) groups is 1. The van der Waals surface area contributed by atoms with Gasteiger partial charge in [0.1, 0.15) is 42.3 Å². The van der Waals surface area contributed by atoms with Crippen molar-refractivity contribution in [3.63, 3.8) is 0 Å². The average molecular weight is 1130 g/mol. The zero-order chi connectivity index (χ0) is 58.5. The molecule has 1 aliphatic heterocycles. The zero-order valence-corrected chi connectivity index (χ0v) is 48.9. The molecule has 1 fully saturated rings. The summed E-state index contributed by atoms with van der Waals surface area (Å²) >= 11 is 1.40. The average Bonchev–Trinajstić information content (AvgIpc) is 4.13. The number of H-pyrrole nitrogens is 1. The van der Waals surface area contributed by atoms with Gasteiger partial charge in [-0.05, 0) is 89.2 Å². The molecule has 24 heteroatoms. The minimum absolute atomic E-state index is 0.0453. The number of nitrogens with one attached hydrogen (secondary N) is 7. The number of unbranched alkanes of at least 4 members (excludes halogenated alkanes) is 15. The molecule has 8 amide bonds. The van der Waals surface area contributed by atoms with E-state index in [1.54, 1.807) is 13.8 Å². The normalized spacial score (nSPS) is 15.9. The SMILES string of the molecule is CCCCCCCCCCCCCCCCCC(=O)N[C@@H](CCCN=C(N)N)C(=O)N[C@H](C(=O)N[C@@H](CCSC)C(=O)N[C@H](C(=O)N[C@@H](Cc1cnc[nH]1)C(=O)N1CCC[C@H]1C(=O)N[C@@H](CCCCN)C(N)=O)C(C)C)[C@@H](C)O. The van der Waals surface area contributed by atoms with E-state index in [0.29, 0.717) is 56.5 Å². The second-order valence-corrected chi connectivity index (χ2v) is 22.3. The van der Waals surface area contributed by atoms with Crippen LogP contribution in [0.4, 0.5) is 0 Å². The number of aliphatic hydroxyl groups is 1. The quantitative estimate of drug-likeness (QED) is 0.0254. The molecule has 79 heavy (non-hydrogen) atoms. The first-order valence-electron chi connectivity index (χ1n) is 29.2. The highest BCUT2D eigenvalue weighted by Crippen LogP contribution is 2.21. The molecule has 8 atom stereocenters. The number of aromatic amines is 1. The lowest BCUT2D eigenvalue weighted by Gasteiger charge is -2.31. The first kappa shape index (κ1) is 69.6. The third-order valence-corrected chi connectivity index (χ3v) is 14.8. The van der Waals surface area contributed by atoms with Gasteiger partial charge in [0, 0.05) is 37.8 Å². The number of likely N-dealkylation sites (tertiary alicyclic amines) is 1. The Morgan fingerprint density at radius 3 is 1.78 bits per heavy atom. The van der Waals surface area contributed by atoms with Gasteiger partial charge in [-0.3, -0.25) is 43.3 Å². The number of carbonyl (C=O) groups is 8. The van der Waals surface area contributed by atoms with Gasteiger partial charge in [-0.2, -0.15) is 11.8 Å². The van der Waals surface area contributed by atoms with Crippen LogP contribution in [-0.2, 0) is 44.8 Å². The number of hydrogen-bond donors (Lipinski definition) is 12. The first-order chi connectivity index (χ1) is 37.8. The van der Waals surface area contributed by atoms with E-state index < -0.39 is 95.7 Å². The molecule has 0 unspecified atom stereocenters. The van der Waals surface area contributed by atoms with Crippen LogP contribution >= 0.6 is 11.8 Å². The van der Waals surface area contributed by atoms with E-state index >= 15 is 0 Å². The highest BCUT2D eigenvalue weighted by molar-refractivity contribution is 7.98. The maximum Gasteiger partial charge on any atom is 0.246 e. The van der Waals surface area contributed by atoms with Crippen molar-refractivity contribution in [1.82, 2.24) is 46.8 Å². The Bertz CT molecular complexity index is 1990. The van der Waals surface area contributed by atoms with Gasteiger partial charge < -0.3 is 69.8 Å². The van der Waals surface area contributed by atoms with Crippen LogP contribution in [0.25, 0.3) is 0 Å². The number of rotatable bonds is 44. The maximum atomic E-state index is 14.4. The number of carbonyl (C=O) groups excluding carboxylic acids is 8. The molecular formula is C55H100N14O9S. The standard InChI is InChI=1S/C55H100N14O9S/c1-6-7-8-9-10-11-12-13-14-15-16-17-18-19-20-28-45(71)63-41(26-23-31-61-55(58)59)49(73)68-47(38(4)70)53(77)65-42(29-33-79-5)50(74)67-46(37(2)3)52(76)66-43(34-39-35-60-36-62-39)54(78)69-32-24-27-44(69)51(75)64-40(48(57)72)25-21-22-30-56/h35-38,40-44,46-47,70H,6-34,56H2,1-5H3,(H2,57,72)(H,60,62)(H,63,71)(H,64,75)(H,65,77)(H,66,76)(H,67,74)(H,68,73)(H4,58,59,61)/t38-,40+,41+,42+,43+,44+,46+,47+/m1/s1. The molecular weight excluding hydrogens is 1030 g/mol. The molecule has 450 valence electrons. The van der Waals surface area contributed by atoms with Crippen molar-refractivity contribution in [1.29, 1.82) is 0 Å². The molecule has 2 rings (SSSR count). The summed E-state index contributed by atoms with van der Waals surface area (Å²) in [6, 6.07) is -8.28. The number of amides is 8. The topological polar surface area (TPSA) is 377 Å². The first-order valence-corrected chi connectivity index (χ1v) is 30.5. The van der Waals surface area contributed by atoms with Crippen molar-refractivity contribution in [2.75, 3.05) is 31.6 Å². The smallest absolute Gasteiger partial charge is 0.246 e. The van der Waals surface area contributed by atoms with E-state index in [1.165, 1.54) is 107 Å². The van der Waals surface area contributed by atoms with Crippen LogP contribution in [0.5, 0.6) is 0 Å². The summed E-state index contributed by atoms with van der Waals surface area (Å²) in [7, 11) is 0. The zero-order valence-electron chi connectivity index (χ0n) is 48.1. The molecule has 0 saturated carbocycles. The number of nitrogens with zero attached hydrogens (tertiary/aromatic N) is 3. The van der Waals surface area contributed by atoms with E-state index in [9.17, 15) is 43.5 Å². The molecule has 0 radical (unpaired) electrons. The second kappa shape index (κ2) is 40.6. The molecule has 0 spiro atoms. The van der Waals surface area contributed by atoms with Crippen molar-refractivity contribution in [2.45, 2.75) is 237 Å². The predicted octanol–water partition coefficient (Wildman–Crippen LogP) is 2.57. The van der Waals surface area contributed by atoms with Gasteiger partial charge in [0.15, 0.2) is 5.96 Å². The van der Waals surface area contributed by atoms with Gasteiger partial charge in [0.25, 0.3) is 0 Å². The van der Waals surface area contributed by atoms with Gasteiger partial charge in [-0.25, -0.2) is 4.98 Å². The fourth-order valence-corrected chi connectivity index (χ4v) is 10.0. The Kier molecular flexibility index (Phi) is 35.8. The monoisotopic (exact) mass is 1130 g/mol. The summed E-state index contributed by atoms with van der Waals surface area (Å²) in [5.41, 5.74) is 22.7. The highest BCUT2D eigenvalue weighted by Gasteiger charge is 2.40. The van der Waals surface area contributed by atoms with Crippen molar-refractivity contribution in [3.05, 3.63) is 18.2 Å². The molecule has 1 aromatic rings. The van der Waals surface area contributed by atoms with Crippen molar-refractivity contribution >= 4 is 65.0 Å². The summed E-state index contributed by atoms with van der Waals surface area (Å²) in [6.45, 7) is 7.72. The molecule has 23 nitrogen and oxygen atoms in total. The van der Waals surface area contributed by atoms with Crippen LogP contribution < -0.4 is 54.8 Å². The number of primary amides is 1. The molecule has 2 heterocycles. The highest BCUT2D eigenvalue weighted by atomic mass is 32.2. The van der Waals surface area contributed by atoms with Crippen molar-refractivity contribution in [2.24, 2.45) is 33.8 Å². The third-order valence-electron chi connectivity index (χ3n) is 14.2. The number of aliphatic hydroxyl groups excluding tert-OH is 1. The summed E-state index contributed by atoms with van der Waals surface area (Å²) in [6.07, 6.45) is 24.0. The summed E-state index contributed by atoms with van der Waals surface area (Å²) in [4.78, 5) is 122. The van der Waals surface area contributed by atoms with Gasteiger partial charge in [-0.15, -0.1) is 0 Å². The van der Waals surface area contributed by atoms with Gasteiger partial charge >= 0.3 is 0 Å². The van der Waals surface area contributed by atoms with E-state index in [2.05, 4.69) is 53.8 Å². The fraction of sp³-hybridized carbons (Fsp3) is 0.782. The minimum atomic E-state index is -1.56. The Morgan fingerprint density at radius 1 is 0.696 bits per heavy atom. The lowest BCUT2D eigenvalue weighted by atomic mass is 10.0. The number of aromatic nitrogens is 2. The molecule has 1 saturated heterocycles. The molecule has 16 N–H and O–H groups in total. The summed E-state index contributed by atoms with van der Waals surface area (Å²) < 4.78 is 0. The maximum absolute atomic E-state index is 14.4. The molecule has 0 aromatic carbocycles. The Hall–Kier alpha value is -5.49. The van der Waals surface area contributed by atoms with Crippen LogP contribution in [0.1, 0.15) is 187 Å². The van der Waals surface area contributed by atoms with Crippen LogP contribution in [0.2, 0.25) is 0 Å². The number of guanidine groups is 1. The van der Waals surface area contributed by atoms with Crippen LogP contribution in [0.3, 0.4) is 0 Å². The lowest BCUT2D eigenvalue weighted by molar-refractivity contribution is -0.142. The fourth-order valence-electron chi connectivity index (χ4n) is 9.54. The molecule has 0 bridgehead atoms.